The topological polar surface area (TPSA) is 52.6 Å². The number of carbonyl (C=O) groups is 1. The monoisotopic (exact) mass is 250 g/mol. The number of carbonyl (C=O) groups excluding carboxylic acids is 1. The van der Waals surface area contributed by atoms with Gasteiger partial charge in [0.1, 0.15) is 0 Å². The first kappa shape index (κ1) is 15.8. The maximum Gasteiger partial charge on any atom is 0.397 e. The lowest BCUT2D eigenvalue weighted by atomic mass is 10.00. The zero-order chi connectivity index (χ0) is 13.1. The SMILES string of the molecule is CC(C)OP(=O)(OC(C)C)C(=O)C(C)(C)C. The predicted octanol–water partition coefficient (Wildman–Crippen LogP) is 3.60. The lowest BCUT2D eigenvalue weighted by Crippen LogP contribution is -2.24. The van der Waals surface area contributed by atoms with Crippen LogP contribution >= 0.6 is 7.60 Å². The minimum absolute atomic E-state index is 0.309. The second-order valence-electron chi connectivity index (χ2n) is 5.36. The van der Waals surface area contributed by atoms with Gasteiger partial charge in [0.05, 0.1) is 12.2 Å². The molecular weight excluding hydrogens is 227 g/mol. The van der Waals surface area contributed by atoms with Crippen molar-refractivity contribution < 1.29 is 18.4 Å². The van der Waals surface area contributed by atoms with E-state index in [2.05, 4.69) is 0 Å². The first-order chi connectivity index (χ1) is 6.99. The molecule has 0 spiro atoms. The van der Waals surface area contributed by atoms with Gasteiger partial charge in [-0.1, -0.05) is 20.8 Å². The van der Waals surface area contributed by atoms with E-state index in [0.29, 0.717) is 0 Å². The van der Waals surface area contributed by atoms with Crippen molar-refractivity contribution in [1.82, 2.24) is 0 Å². The van der Waals surface area contributed by atoms with Crippen LogP contribution in [0.25, 0.3) is 0 Å². The van der Waals surface area contributed by atoms with Crippen molar-refractivity contribution in [3.63, 3.8) is 0 Å². The van der Waals surface area contributed by atoms with Crippen LogP contribution in [-0.2, 0) is 18.4 Å². The maximum atomic E-state index is 12.4. The molecule has 0 amide bonds. The molecule has 0 bridgehead atoms. The zero-order valence-corrected chi connectivity index (χ0v) is 12.1. The fraction of sp³-hybridized carbons (Fsp3) is 0.909. The normalized spacial score (nSPS) is 13.6. The summed E-state index contributed by atoms with van der Waals surface area (Å²) in [5, 5.41) is 0. The van der Waals surface area contributed by atoms with Crippen LogP contribution in [0.5, 0.6) is 0 Å². The van der Waals surface area contributed by atoms with Gasteiger partial charge < -0.3 is 9.05 Å². The molecule has 0 radical (unpaired) electrons. The van der Waals surface area contributed by atoms with E-state index in [4.69, 9.17) is 9.05 Å². The average molecular weight is 250 g/mol. The number of hydrogen-bond acceptors (Lipinski definition) is 4. The molecule has 0 N–H and O–H groups in total. The molecule has 0 saturated carbocycles. The summed E-state index contributed by atoms with van der Waals surface area (Å²) in [6, 6.07) is 0. The van der Waals surface area contributed by atoms with E-state index in [0.717, 1.165) is 0 Å². The van der Waals surface area contributed by atoms with Gasteiger partial charge in [-0.2, -0.15) is 0 Å². The Labute approximate surface area is 98.2 Å². The van der Waals surface area contributed by atoms with E-state index in [1.807, 2.05) is 0 Å². The summed E-state index contributed by atoms with van der Waals surface area (Å²) in [6.07, 6.45) is -0.619. The van der Waals surface area contributed by atoms with Crippen LogP contribution in [0.1, 0.15) is 48.5 Å². The Bertz CT molecular complexity index is 275. The van der Waals surface area contributed by atoms with Gasteiger partial charge in [-0.3, -0.25) is 9.36 Å². The largest absolute Gasteiger partial charge is 0.397 e. The van der Waals surface area contributed by atoms with E-state index >= 15 is 0 Å². The summed E-state index contributed by atoms with van der Waals surface area (Å²) in [5.41, 5.74) is -1.21. The first-order valence-electron chi connectivity index (χ1n) is 5.51. The summed E-state index contributed by atoms with van der Waals surface area (Å²) in [7, 11) is -3.68. The molecule has 0 aliphatic heterocycles. The minimum atomic E-state index is -3.68. The standard InChI is InChI=1S/C11H23O4P/c1-8(2)14-16(13,15-9(3)4)10(12)11(5,6)7/h8-9H,1-7H3. The van der Waals surface area contributed by atoms with Gasteiger partial charge in [0.25, 0.3) is 0 Å². The van der Waals surface area contributed by atoms with Crippen LogP contribution in [0.3, 0.4) is 0 Å². The van der Waals surface area contributed by atoms with Gasteiger partial charge in [0.2, 0.25) is 5.52 Å². The van der Waals surface area contributed by atoms with Gasteiger partial charge in [0, 0.05) is 5.41 Å². The van der Waals surface area contributed by atoms with Crippen molar-refractivity contribution in [3.05, 3.63) is 0 Å². The number of hydrogen-bond donors (Lipinski definition) is 0. The van der Waals surface area contributed by atoms with Gasteiger partial charge in [-0.05, 0) is 27.7 Å². The highest BCUT2D eigenvalue weighted by Crippen LogP contribution is 2.55. The highest BCUT2D eigenvalue weighted by molar-refractivity contribution is 7.72. The summed E-state index contributed by atoms with van der Waals surface area (Å²) < 4.78 is 22.8. The van der Waals surface area contributed by atoms with E-state index in [1.54, 1.807) is 48.5 Å². The van der Waals surface area contributed by atoms with Crippen molar-refractivity contribution in [3.8, 4) is 0 Å². The molecule has 0 heterocycles. The van der Waals surface area contributed by atoms with Gasteiger partial charge >= 0.3 is 7.60 Å². The molecule has 5 heteroatoms. The van der Waals surface area contributed by atoms with Crippen LogP contribution in [0.2, 0.25) is 0 Å². The predicted molar refractivity (Wildman–Crippen MR) is 64.5 cm³/mol. The van der Waals surface area contributed by atoms with Crippen molar-refractivity contribution in [1.29, 1.82) is 0 Å². The van der Waals surface area contributed by atoms with E-state index in [1.165, 1.54) is 0 Å². The summed E-state index contributed by atoms with van der Waals surface area (Å²) in [6.45, 7) is 12.0. The molecule has 0 aromatic carbocycles. The summed E-state index contributed by atoms with van der Waals surface area (Å²) >= 11 is 0. The van der Waals surface area contributed by atoms with Crippen molar-refractivity contribution in [2.45, 2.75) is 60.7 Å². The first-order valence-corrected chi connectivity index (χ1v) is 7.05. The second kappa shape index (κ2) is 5.44. The molecule has 96 valence electrons. The fourth-order valence-electron chi connectivity index (χ4n) is 1.09. The lowest BCUT2D eigenvalue weighted by Gasteiger charge is -2.26. The van der Waals surface area contributed by atoms with Crippen molar-refractivity contribution >= 4 is 13.1 Å². The molecule has 4 nitrogen and oxygen atoms in total. The van der Waals surface area contributed by atoms with Crippen LogP contribution in [-0.4, -0.2) is 17.7 Å². The summed E-state index contributed by atoms with van der Waals surface area (Å²) in [4.78, 5) is 12.0. The van der Waals surface area contributed by atoms with Gasteiger partial charge in [0.15, 0.2) is 0 Å². The molecule has 0 aliphatic rings. The highest BCUT2D eigenvalue weighted by atomic mass is 31.2. The third-order valence-corrected chi connectivity index (χ3v) is 4.16. The van der Waals surface area contributed by atoms with Crippen molar-refractivity contribution in [2.75, 3.05) is 0 Å². The average Bonchev–Trinajstić information content (AvgIpc) is 1.97. The van der Waals surface area contributed by atoms with Crippen LogP contribution in [0, 0.1) is 5.41 Å². The smallest absolute Gasteiger partial charge is 0.300 e. The van der Waals surface area contributed by atoms with Crippen LogP contribution in [0.15, 0.2) is 0 Å². The molecule has 0 aromatic heterocycles. The van der Waals surface area contributed by atoms with Gasteiger partial charge in [-0.15, -0.1) is 0 Å². The van der Waals surface area contributed by atoms with E-state index < -0.39 is 18.5 Å². The van der Waals surface area contributed by atoms with Crippen LogP contribution in [0.4, 0.5) is 0 Å². The molecule has 0 atom stereocenters. The lowest BCUT2D eigenvalue weighted by molar-refractivity contribution is -0.121. The third kappa shape index (κ3) is 4.77. The highest BCUT2D eigenvalue weighted by Gasteiger charge is 2.43. The summed E-state index contributed by atoms with van der Waals surface area (Å²) in [5.74, 6) is 0. The Morgan fingerprint density at radius 1 is 1.00 bits per heavy atom. The molecule has 0 rings (SSSR count). The Morgan fingerprint density at radius 2 is 1.31 bits per heavy atom. The van der Waals surface area contributed by atoms with Crippen molar-refractivity contribution in [2.24, 2.45) is 5.41 Å². The minimum Gasteiger partial charge on any atom is -0.300 e. The Kier molecular flexibility index (Phi) is 5.37. The van der Waals surface area contributed by atoms with E-state index in [9.17, 15) is 9.36 Å². The Balaban J connectivity index is 5.09. The Hall–Kier alpha value is -0.180. The molecular formula is C11H23O4P. The molecule has 0 aliphatic carbocycles. The van der Waals surface area contributed by atoms with Crippen LogP contribution < -0.4 is 0 Å². The van der Waals surface area contributed by atoms with Gasteiger partial charge in [-0.25, -0.2) is 0 Å². The molecule has 0 aromatic rings. The molecule has 0 saturated heterocycles. The number of rotatable bonds is 5. The maximum absolute atomic E-state index is 12.4. The zero-order valence-electron chi connectivity index (χ0n) is 11.2. The van der Waals surface area contributed by atoms with E-state index in [-0.39, 0.29) is 12.2 Å². The fourth-order valence-corrected chi connectivity index (χ4v) is 3.26. The second-order valence-corrected chi connectivity index (χ2v) is 7.18. The molecule has 16 heavy (non-hydrogen) atoms. The quantitative estimate of drug-likeness (QED) is 0.699. The third-order valence-electron chi connectivity index (χ3n) is 1.59. The molecule has 0 fully saturated rings. The Morgan fingerprint density at radius 3 is 1.50 bits per heavy atom. The molecule has 0 unspecified atom stereocenters.